The molecule has 4 nitrogen and oxygen atoms in total. The summed E-state index contributed by atoms with van der Waals surface area (Å²) in [6.07, 6.45) is 1.80. The lowest BCUT2D eigenvalue weighted by Crippen LogP contribution is -2.35. The number of rotatable bonds is 6. The second kappa shape index (κ2) is 8.31. The van der Waals surface area contributed by atoms with Gasteiger partial charge in [-0.2, -0.15) is 0 Å². The predicted octanol–water partition coefficient (Wildman–Crippen LogP) is 4.29. The molecule has 0 saturated heterocycles. The summed E-state index contributed by atoms with van der Waals surface area (Å²) in [6, 6.07) is 25.3. The highest BCUT2D eigenvalue weighted by Crippen LogP contribution is 2.19. The van der Waals surface area contributed by atoms with E-state index in [0.29, 0.717) is 10.8 Å². The molecule has 4 heteroatoms. The third-order valence-electron chi connectivity index (χ3n) is 5.30. The molecule has 0 aliphatic heterocycles. The van der Waals surface area contributed by atoms with Gasteiger partial charge in [-0.1, -0.05) is 54.6 Å². The number of para-hydroxylation sites is 2. The Labute approximate surface area is 169 Å². The Balaban J connectivity index is 1.56. The molecule has 4 rings (SSSR count). The molecule has 1 N–H and O–H groups in total. The van der Waals surface area contributed by atoms with Crippen molar-refractivity contribution in [1.29, 1.82) is 0 Å². The largest absolute Gasteiger partial charge is 0.352 e. The topological polar surface area (TPSA) is 51.1 Å². The third-order valence-corrected chi connectivity index (χ3v) is 5.30. The SMILES string of the molecule is CC(CCc1ccccc1)NC(=O)Cn1c2ccccc2c(=O)c2ccccc21. The molecule has 0 aliphatic rings. The van der Waals surface area contributed by atoms with Crippen LogP contribution in [0.2, 0.25) is 0 Å². The molecule has 146 valence electrons. The maximum Gasteiger partial charge on any atom is 0.240 e. The smallest absolute Gasteiger partial charge is 0.240 e. The van der Waals surface area contributed by atoms with Crippen molar-refractivity contribution in [3.8, 4) is 0 Å². The van der Waals surface area contributed by atoms with E-state index in [1.54, 1.807) is 0 Å². The lowest BCUT2D eigenvalue weighted by Gasteiger charge is -2.18. The minimum Gasteiger partial charge on any atom is -0.352 e. The maximum atomic E-state index is 12.8. The van der Waals surface area contributed by atoms with Crippen molar-refractivity contribution in [2.24, 2.45) is 0 Å². The van der Waals surface area contributed by atoms with Gasteiger partial charge in [0, 0.05) is 16.8 Å². The average molecular weight is 384 g/mol. The van der Waals surface area contributed by atoms with E-state index in [9.17, 15) is 9.59 Å². The minimum absolute atomic E-state index is 0.00378. The van der Waals surface area contributed by atoms with Gasteiger partial charge in [0.2, 0.25) is 5.91 Å². The van der Waals surface area contributed by atoms with Crippen LogP contribution in [0.25, 0.3) is 21.8 Å². The molecule has 3 aromatic carbocycles. The second-order valence-corrected chi connectivity index (χ2v) is 7.44. The Morgan fingerprint density at radius 1 is 0.862 bits per heavy atom. The first-order chi connectivity index (χ1) is 14.1. The second-order valence-electron chi connectivity index (χ2n) is 7.44. The Bertz CT molecular complexity index is 1150. The van der Waals surface area contributed by atoms with Crippen molar-refractivity contribution in [2.75, 3.05) is 0 Å². The summed E-state index contributed by atoms with van der Waals surface area (Å²) < 4.78 is 1.94. The zero-order chi connectivity index (χ0) is 20.2. The quantitative estimate of drug-likeness (QED) is 0.504. The number of aromatic nitrogens is 1. The number of pyridine rings is 1. The minimum atomic E-state index is -0.0514. The Morgan fingerprint density at radius 2 is 1.41 bits per heavy atom. The number of hydrogen-bond acceptors (Lipinski definition) is 2. The van der Waals surface area contributed by atoms with Gasteiger partial charge in [-0.25, -0.2) is 0 Å². The molecule has 4 aromatic rings. The molecule has 1 heterocycles. The maximum absolute atomic E-state index is 12.8. The molecule has 0 spiro atoms. The molecule has 0 bridgehead atoms. The van der Waals surface area contributed by atoms with Gasteiger partial charge in [0.15, 0.2) is 5.43 Å². The van der Waals surface area contributed by atoms with Gasteiger partial charge in [0.25, 0.3) is 0 Å². The van der Waals surface area contributed by atoms with Crippen LogP contribution in [0, 0.1) is 0 Å². The van der Waals surface area contributed by atoms with Crippen molar-refractivity contribution in [1.82, 2.24) is 9.88 Å². The summed E-state index contributed by atoms with van der Waals surface area (Å²) in [4.78, 5) is 25.6. The lowest BCUT2D eigenvalue weighted by atomic mass is 10.1. The molecule has 29 heavy (non-hydrogen) atoms. The molecule has 1 unspecified atom stereocenters. The van der Waals surface area contributed by atoms with Gasteiger partial charge >= 0.3 is 0 Å². The molecule has 0 radical (unpaired) electrons. The number of nitrogens with one attached hydrogen (secondary N) is 1. The van der Waals surface area contributed by atoms with E-state index in [1.807, 2.05) is 78.2 Å². The van der Waals surface area contributed by atoms with E-state index < -0.39 is 0 Å². The third kappa shape index (κ3) is 4.06. The fraction of sp³-hybridized carbons (Fsp3) is 0.200. The Morgan fingerprint density at radius 3 is 2.03 bits per heavy atom. The number of carbonyl (C=O) groups excluding carboxylic acids is 1. The zero-order valence-electron chi connectivity index (χ0n) is 16.5. The molecular formula is C25H24N2O2. The van der Waals surface area contributed by atoms with Crippen LogP contribution >= 0.6 is 0 Å². The monoisotopic (exact) mass is 384 g/mol. The number of nitrogens with zero attached hydrogens (tertiary/aromatic N) is 1. The standard InChI is InChI=1S/C25H24N2O2/c1-18(15-16-19-9-3-2-4-10-19)26-24(28)17-27-22-13-7-5-11-20(22)25(29)21-12-6-8-14-23(21)27/h2-14,18H,15-17H2,1H3,(H,26,28). The first-order valence-electron chi connectivity index (χ1n) is 9.97. The fourth-order valence-electron chi connectivity index (χ4n) is 3.81. The van der Waals surface area contributed by atoms with E-state index in [4.69, 9.17) is 0 Å². The van der Waals surface area contributed by atoms with Gasteiger partial charge in [0.1, 0.15) is 6.54 Å². The van der Waals surface area contributed by atoms with Gasteiger partial charge in [-0.05, 0) is 49.6 Å². The van der Waals surface area contributed by atoms with Gasteiger partial charge < -0.3 is 9.88 Å². The van der Waals surface area contributed by atoms with E-state index in [1.165, 1.54) is 5.56 Å². The van der Waals surface area contributed by atoms with E-state index in [-0.39, 0.29) is 23.9 Å². The van der Waals surface area contributed by atoms with Gasteiger partial charge in [0.05, 0.1) is 11.0 Å². The summed E-state index contributed by atoms with van der Waals surface area (Å²) in [6.45, 7) is 2.21. The Kier molecular flexibility index (Phi) is 5.43. The summed E-state index contributed by atoms with van der Waals surface area (Å²) in [5.41, 5.74) is 2.83. The van der Waals surface area contributed by atoms with Crippen LogP contribution in [0.5, 0.6) is 0 Å². The highest BCUT2D eigenvalue weighted by molar-refractivity contribution is 5.94. The molecule has 0 saturated carbocycles. The normalized spacial score (nSPS) is 12.2. The lowest BCUT2D eigenvalue weighted by molar-refractivity contribution is -0.122. The molecule has 1 aromatic heterocycles. The van der Waals surface area contributed by atoms with Crippen LogP contribution in [0.3, 0.4) is 0 Å². The number of benzene rings is 3. The molecule has 1 atom stereocenters. The van der Waals surface area contributed by atoms with Crippen LogP contribution < -0.4 is 10.7 Å². The highest BCUT2D eigenvalue weighted by atomic mass is 16.2. The number of amides is 1. The molecule has 1 amide bonds. The number of hydrogen-bond donors (Lipinski definition) is 1. The van der Waals surface area contributed by atoms with Crippen molar-refractivity contribution in [2.45, 2.75) is 32.4 Å². The summed E-state index contributed by atoms with van der Waals surface area (Å²) in [5, 5.41) is 4.38. The molecule has 0 aliphatic carbocycles. The first kappa shape index (κ1) is 18.9. The van der Waals surface area contributed by atoms with Crippen LogP contribution in [0.15, 0.2) is 83.7 Å². The number of fused-ring (bicyclic) bond motifs is 2. The van der Waals surface area contributed by atoms with Crippen LogP contribution in [0.4, 0.5) is 0 Å². The van der Waals surface area contributed by atoms with Gasteiger partial charge in [-0.15, -0.1) is 0 Å². The van der Waals surface area contributed by atoms with Gasteiger partial charge in [-0.3, -0.25) is 9.59 Å². The number of aryl methyl sites for hydroxylation is 1. The van der Waals surface area contributed by atoms with E-state index >= 15 is 0 Å². The van der Waals surface area contributed by atoms with Crippen LogP contribution in [-0.4, -0.2) is 16.5 Å². The Hall–Kier alpha value is -3.40. The first-order valence-corrected chi connectivity index (χ1v) is 9.97. The number of carbonyl (C=O) groups is 1. The molecular weight excluding hydrogens is 360 g/mol. The average Bonchev–Trinajstić information content (AvgIpc) is 2.76. The van der Waals surface area contributed by atoms with Crippen LogP contribution in [0.1, 0.15) is 18.9 Å². The predicted molar refractivity (Wildman–Crippen MR) is 118 cm³/mol. The van der Waals surface area contributed by atoms with Crippen molar-refractivity contribution in [3.63, 3.8) is 0 Å². The van der Waals surface area contributed by atoms with E-state index in [2.05, 4.69) is 17.4 Å². The zero-order valence-corrected chi connectivity index (χ0v) is 16.5. The molecule has 0 fully saturated rings. The van der Waals surface area contributed by atoms with Crippen molar-refractivity contribution >= 4 is 27.7 Å². The fourth-order valence-corrected chi connectivity index (χ4v) is 3.81. The van der Waals surface area contributed by atoms with Crippen molar-refractivity contribution in [3.05, 3.63) is 94.6 Å². The summed E-state index contributed by atoms with van der Waals surface area (Å²) in [7, 11) is 0. The van der Waals surface area contributed by atoms with Crippen molar-refractivity contribution < 1.29 is 4.79 Å². The summed E-state index contributed by atoms with van der Waals surface area (Å²) in [5.74, 6) is -0.0514. The van der Waals surface area contributed by atoms with Crippen LogP contribution in [-0.2, 0) is 17.8 Å². The van der Waals surface area contributed by atoms with E-state index in [0.717, 1.165) is 23.9 Å². The highest BCUT2D eigenvalue weighted by Gasteiger charge is 2.14. The summed E-state index contributed by atoms with van der Waals surface area (Å²) >= 11 is 0.